The second-order valence-electron chi connectivity index (χ2n) is 11.1. The first kappa shape index (κ1) is 22.1. The molecule has 0 aromatic heterocycles. The Morgan fingerprint density at radius 1 is 0.432 bits per heavy atom. The number of hydrogen-bond acceptors (Lipinski definition) is 0. The van der Waals surface area contributed by atoms with Crippen molar-refractivity contribution in [2.45, 2.75) is 33.1 Å². The number of aryl methyl sites for hydroxylation is 2. The summed E-state index contributed by atoms with van der Waals surface area (Å²) >= 11 is 0. The largest absolute Gasteiger partial charge is 0.0622 e. The molecule has 0 saturated heterocycles. The molecule has 6 aromatic rings. The molecule has 0 spiro atoms. The van der Waals surface area contributed by atoms with Gasteiger partial charge in [0.1, 0.15) is 0 Å². The van der Waals surface area contributed by atoms with Crippen LogP contribution >= 0.6 is 0 Å². The van der Waals surface area contributed by atoms with Crippen LogP contribution in [0.4, 0.5) is 0 Å². The molecule has 0 unspecified atom stereocenters. The SMILES string of the molecule is Cc1ccc2c(-c3ccc4c(c3)C(C)(C)c3ccccc3-4)c3cc(C)ccc3c(-c3ccccc3)c2c1. The Labute approximate surface area is 219 Å². The van der Waals surface area contributed by atoms with Crippen LogP contribution in [0.15, 0.2) is 109 Å². The fraction of sp³-hybridized carbons (Fsp3) is 0.135. The van der Waals surface area contributed by atoms with E-state index in [1.165, 1.54) is 77.2 Å². The van der Waals surface area contributed by atoms with Gasteiger partial charge in [0.2, 0.25) is 0 Å². The van der Waals surface area contributed by atoms with Gasteiger partial charge in [0.25, 0.3) is 0 Å². The average Bonchev–Trinajstić information content (AvgIpc) is 3.14. The molecule has 1 aliphatic rings. The monoisotopic (exact) mass is 474 g/mol. The molecular formula is C37H30. The van der Waals surface area contributed by atoms with Gasteiger partial charge in [-0.3, -0.25) is 0 Å². The fourth-order valence-corrected chi connectivity index (χ4v) is 6.54. The predicted octanol–water partition coefficient (Wildman–Crippen LogP) is 10.3. The number of rotatable bonds is 2. The lowest BCUT2D eigenvalue weighted by atomic mass is 9.80. The van der Waals surface area contributed by atoms with Crippen molar-refractivity contribution in [2.75, 3.05) is 0 Å². The third kappa shape index (κ3) is 3.22. The van der Waals surface area contributed by atoms with Crippen LogP contribution in [0.25, 0.3) is 54.9 Å². The molecule has 0 amide bonds. The van der Waals surface area contributed by atoms with Gasteiger partial charge in [-0.15, -0.1) is 0 Å². The van der Waals surface area contributed by atoms with Gasteiger partial charge in [-0.1, -0.05) is 128 Å². The van der Waals surface area contributed by atoms with Gasteiger partial charge in [0, 0.05) is 5.41 Å². The Bertz CT molecular complexity index is 1850. The molecule has 6 aromatic carbocycles. The van der Waals surface area contributed by atoms with Gasteiger partial charge in [-0.05, 0) is 86.0 Å². The van der Waals surface area contributed by atoms with Crippen molar-refractivity contribution in [2.24, 2.45) is 0 Å². The van der Waals surface area contributed by atoms with Crippen LogP contribution in [-0.2, 0) is 5.41 Å². The zero-order valence-corrected chi connectivity index (χ0v) is 21.9. The summed E-state index contributed by atoms with van der Waals surface area (Å²) in [6, 6.07) is 40.8. The standard InChI is InChI=1S/C37H30/c1-23-15-18-30-31(20-23)35(25-10-6-5-7-11-25)29-17-14-24(2)21-32(29)36(30)26-16-19-28-27-12-8-9-13-33(27)37(3,4)34(28)22-26/h5-22H,1-4H3. The Morgan fingerprint density at radius 3 is 1.68 bits per heavy atom. The molecular weight excluding hydrogens is 444 g/mol. The quantitative estimate of drug-likeness (QED) is 0.219. The molecule has 0 bridgehead atoms. The summed E-state index contributed by atoms with van der Waals surface area (Å²) in [6.45, 7) is 9.13. The molecule has 178 valence electrons. The number of benzene rings is 6. The predicted molar refractivity (Wildman–Crippen MR) is 159 cm³/mol. The lowest BCUT2D eigenvalue weighted by Crippen LogP contribution is -2.14. The Kier molecular flexibility index (Phi) is 4.72. The van der Waals surface area contributed by atoms with E-state index in [-0.39, 0.29) is 5.41 Å². The summed E-state index contributed by atoms with van der Waals surface area (Å²) in [5.41, 5.74) is 13.3. The highest BCUT2D eigenvalue weighted by molar-refractivity contribution is 6.21. The topological polar surface area (TPSA) is 0 Å². The molecule has 0 atom stereocenters. The Hall–Kier alpha value is -4.16. The highest BCUT2D eigenvalue weighted by Gasteiger charge is 2.35. The highest BCUT2D eigenvalue weighted by atomic mass is 14.4. The second kappa shape index (κ2) is 7.92. The van der Waals surface area contributed by atoms with Crippen molar-refractivity contribution >= 4 is 21.5 Å². The molecule has 0 radical (unpaired) electrons. The third-order valence-corrected chi connectivity index (χ3v) is 8.36. The molecule has 1 aliphatic carbocycles. The van der Waals surface area contributed by atoms with Gasteiger partial charge >= 0.3 is 0 Å². The fourth-order valence-electron chi connectivity index (χ4n) is 6.54. The van der Waals surface area contributed by atoms with Gasteiger partial charge in [-0.2, -0.15) is 0 Å². The van der Waals surface area contributed by atoms with Crippen molar-refractivity contribution in [1.29, 1.82) is 0 Å². The van der Waals surface area contributed by atoms with Crippen LogP contribution in [0.3, 0.4) is 0 Å². The van der Waals surface area contributed by atoms with Crippen molar-refractivity contribution in [3.05, 3.63) is 131 Å². The summed E-state index contributed by atoms with van der Waals surface area (Å²) in [7, 11) is 0. The van der Waals surface area contributed by atoms with E-state index >= 15 is 0 Å². The average molecular weight is 475 g/mol. The zero-order chi connectivity index (χ0) is 25.3. The van der Waals surface area contributed by atoms with E-state index in [2.05, 4.69) is 137 Å². The Morgan fingerprint density at radius 2 is 1.00 bits per heavy atom. The van der Waals surface area contributed by atoms with Crippen LogP contribution in [0, 0.1) is 13.8 Å². The lowest BCUT2D eigenvalue weighted by Gasteiger charge is -2.23. The van der Waals surface area contributed by atoms with Crippen molar-refractivity contribution in [3.63, 3.8) is 0 Å². The zero-order valence-electron chi connectivity index (χ0n) is 21.9. The first-order valence-electron chi connectivity index (χ1n) is 13.2. The molecule has 0 heteroatoms. The van der Waals surface area contributed by atoms with Gasteiger partial charge in [0.15, 0.2) is 0 Å². The number of hydrogen-bond donors (Lipinski definition) is 0. The second-order valence-corrected chi connectivity index (χ2v) is 11.1. The van der Waals surface area contributed by atoms with Crippen LogP contribution in [0.5, 0.6) is 0 Å². The molecule has 0 aliphatic heterocycles. The van der Waals surface area contributed by atoms with Crippen LogP contribution in [0.2, 0.25) is 0 Å². The van der Waals surface area contributed by atoms with E-state index in [0.29, 0.717) is 0 Å². The molecule has 0 saturated carbocycles. The summed E-state index contributed by atoms with van der Waals surface area (Å²) in [5.74, 6) is 0. The normalized spacial score (nSPS) is 13.6. The van der Waals surface area contributed by atoms with E-state index in [1.807, 2.05) is 0 Å². The minimum absolute atomic E-state index is 0.0238. The van der Waals surface area contributed by atoms with E-state index in [1.54, 1.807) is 0 Å². The highest BCUT2D eigenvalue weighted by Crippen LogP contribution is 2.51. The van der Waals surface area contributed by atoms with E-state index < -0.39 is 0 Å². The summed E-state index contributed by atoms with van der Waals surface area (Å²) in [4.78, 5) is 0. The van der Waals surface area contributed by atoms with Crippen LogP contribution in [-0.4, -0.2) is 0 Å². The molecule has 0 fully saturated rings. The summed E-state index contributed by atoms with van der Waals surface area (Å²) < 4.78 is 0. The maximum absolute atomic E-state index is 2.47. The summed E-state index contributed by atoms with van der Waals surface area (Å²) in [5, 5.41) is 5.27. The van der Waals surface area contributed by atoms with Crippen molar-refractivity contribution in [1.82, 2.24) is 0 Å². The molecule has 0 nitrogen and oxygen atoms in total. The summed E-state index contributed by atoms with van der Waals surface area (Å²) in [6.07, 6.45) is 0. The molecule has 37 heavy (non-hydrogen) atoms. The van der Waals surface area contributed by atoms with Crippen LogP contribution in [0.1, 0.15) is 36.1 Å². The Balaban J connectivity index is 1.60. The maximum Gasteiger partial charge on any atom is 0.0159 e. The maximum atomic E-state index is 2.47. The van der Waals surface area contributed by atoms with E-state index in [9.17, 15) is 0 Å². The van der Waals surface area contributed by atoms with Gasteiger partial charge in [-0.25, -0.2) is 0 Å². The number of fused-ring (bicyclic) bond motifs is 5. The third-order valence-electron chi connectivity index (χ3n) is 8.36. The van der Waals surface area contributed by atoms with Crippen LogP contribution < -0.4 is 0 Å². The minimum atomic E-state index is -0.0238. The van der Waals surface area contributed by atoms with Gasteiger partial charge in [0.05, 0.1) is 0 Å². The smallest absolute Gasteiger partial charge is 0.0159 e. The lowest BCUT2D eigenvalue weighted by molar-refractivity contribution is 0.660. The van der Waals surface area contributed by atoms with E-state index in [0.717, 1.165) is 0 Å². The van der Waals surface area contributed by atoms with Crippen molar-refractivity contribution < 1.29 is 0 Å². The van der Waals surface area contributed by atoms with E-state index in [4.69, 9.17) is 0 Å². The van der Waals surface area contributed by atoms with Gasteiger partial charge < -0.3 is 0 Å². The molecule has 7 rings (SSSR count). The first-order valence-corrected chi connectivity index (χ1v) is 13.2. The first-order chi connectivity index (χ1) is 17.9. The molecule has 0 heterocycles. The van der Waals surface area contributed by atoms with Crippen molar-refractivity contribution in [3.8, 4) is 33.4 Å². The minimum Gasteiger partial charge on any atom is -0.0622 e. The molecule has 0 N–H and O–H groups in total.